The van der Waals surface area contributed by atoms with E-state index in [1.165, 1.54) is 17.0 Å². The highest BCUT2D eigenvalue weighted by Gasteiger charge is 2.37. The van der Waals surface area contributed by atoms with Crippen LogP contribution in [0.1, 0.15) is 5.56 Å². The number of anilines is 2. The van der Waals surface area contributed by atoms with E-state index in [9.17, 15) is 18.3 Å². The third kappa shape index (κ3) is 2.93. The summed E-state index contributed by atoms with van der Waals surface area (Å²) in [6, 6.07) is 3.21. The van der Waals surface area contributed by atoms with E-state index in [4.69, 9.17) is 10.5 Å². The minimum atomic E-state index is -4.48. The minimum absolute atomic E-state index is 0.0315. The maximum Gasteiger partial charge on any atom is 0.418 e. The molecule has 7 heteroatoms. The normalized spacial score (nSPS) is 20.6. The first kappa shape index (κ1) is 14.0. The van der Waals surface area contributed by atoms with Gasteiger partial charge in [0.15, 0.2) is 0 Å². The molecule has 0 aliphatic carbocycles. The molecule has 1 heterocycles. The summed E-state index contributed by atoms with van der Waals surface area (Å²) in [4.78, 5) is 1.52. The molecule has 0 aromatic heterocycles. The van der Waals surface area contributed by atoms with Crippen molar-refractivity contribution in [1.29, 1.82) is 0 Å². The van der Waals surface area contributed by atoms with Crippen LogP contribution in [0.2, 0.25) is 0 Å². The molecule has 1 saturated heterocycles. The van der Waals surface area contributed by atoms with Gasteiger partial charge in [0, 0.05) is 17.9 Å². The topological polar surface area (TPSA) is 58.7 Å². The molecule has 0 bridgehead atoms. The van der Waals surface area contributed by atoms with Crippen LogP contribution < -0.4 is 10.6 Å². The fourth-order valence-electron chi connectivity index (χ4n) is 2.15. The van der Waals surface area contributed by atoms with Crippen LogP contribution in [-0.2, 0) is 10.9 Å². The molecule has 1 unspecified atom stereocenters. The average molecular weight is 276 g/mol. The van der Waals surface area contributed by atoms with Gasteiger partial charge in [-0.2, -0.15) is 13.2 Å². The Kier molecular flexibility index (Phi) is 3.86. The van der Waals surface area contributed by atoms with Gasteiger partial charge in [0.1, 0.15) is 0 Å². The number of nitrogen functional groups attached to an aromatic ring is 1. The van der Waals surface area contributed by atoms with E-state index in [-0.39, 0.29) is 24.6 Å². The third-order valence-electron chi connectivity index (χ3n) is 3.07. The summed E-state index contributed by atoms with van der Waals surface area (Å²) in [6.07, 6.45) is -4.48. The number of rotatable bonds is 2. The lowest BCUT2D eigenvalue weighted by atomic mass is 10.1. The Balaban J connectivity index is 2.43. The second kappa shape index (κ2) is 5.26. The summed E-state index contributed by atoms with van der Waals surface area (Å²) >= 11 is 0. The van der Waals surface area contributed by atoms with Crippen molar-refractivity contribution in [2.24, 2.45) is 0 Å². The number of nitrogens with zero attached hydrogens (tertiary/aromatic N) is 1. The van der Waals surface area contributed by atoms with Gasteiger partial charge in [-0.05, 0) is 18.2 Å². The van der Waals surface area contributed by atoms with E-state index in [0.29, 0.717) is 13.2 Å². The van der Waals surface area contributed by atoms with Gasteiger partial charge in [-0.1, -0.05) is 0 Å². The Morgan fingerprint density at radius 2 is 2.16 bits per heavy atom. The van der Waals surface area contributed by atoms with Gasteiger partial charge in [-0.25, -0.2) is 0 Å². The molecular weight excluding hydrogens is 261 g/mol. The van der Waals surface area contributed by atoms with E-state index in [0.717, 1.165) is 6.07 Å². The van der Waals surface area contributed by atoms with Crippen LogP contribution in [0.15, 0.2) is 18.2 Å². The smallest absolute Gasteiger partial charge is 0.399 e. The Morgan fingerprint density at radius 1 is 1.42 bits per heavy atom. The predicted octanol–water partition coefficient (Wildman–Crippen LogP) is 1.49. The van der Waals surface area contributed by atoms with Gasteiger partial charge in [0.2, 0.25) is 0 Å². The summed E-state index contributed by atoms with van der Waals surface area (Å²) in [6.45, 7) is 0.580. The molecule has 19 heavy (non-hydrogen) atoms. The molecule has 0 spiro atoms. The highest BCUT2D eigenvalue weighted by Crippen LogP contribution is 2.38. The number of alkyl halides is 3. The Hall–Kier alpha value is -1.47. The largest absolute Gasteiger partial charge is 0.418 e. The molecule has 1 aliphatic rings. The van der Waals surface area contributed by atoms with Crippen LogP contribution in [0.5, 0.6) is 0 Å². The summed E-state index contributed by atoms with van der Waals surface area (Å²) in [5, 5.41) is 9.24. The Morgan fingerprint density at radius 3 is 2.79 bits per heavy atom. The highest BCUT2D eigenvalue weighted by atomic mass is 19.4. The molecule has 0 amide bonds. The quantitative estimate of drug-likeness (QED) is 0.803. The lowest BCUT2D eigenvalue weighted by Gasteiger charge is -2.37. The van der Waals surface area contributed by atoms with Crippen molar-refractivity contribution in [3.05, 3.63) is 23.8 Å². The average Bonchev–Trinajstić information content (AvgIpc) is 2.37. The van der Waals surface area contributed by atoms with Crippen molar-refractivity contribution < 1.29 is 23.0 Å². The first-order valence-electron chi connectivity index (χ1n) is 5.85. The molecule has 0 saturated carbocycles. The van der Waals surface area contributed by atoms with Gasteiger partial charge < -0.3 is 20.5 Å². The lowest BCUT2D eigenvalue weighted by molar-refractivity contribution is -0.137. The van der Waals surface area contributed by atoms with Crippen molar-refractivity contribution in [2.45, 2.75) is 12.2 Å². The van der Waals surface area contributed by atoms with Gasteiger partial charge in [0.05, 0.1) is 31.4 Å². The fourth-order valence-corrected chi connectivity index (χ4v) is 2.15. The van der Waals surface area contributed by atoms with E-state index in [1.54, 1.807) is 0 Å². The molecule has 106 valence electrons. The number of benzene rings is 1. The van der Waals surface area contributed by atoms with E-state index < -0.39 is 17.8 Å². The molecule has 1 aliphatic heterocycles. The highest BCUT2D eigenvalue weighted by molar-refractivity contribution is 5.61. The maximum absolute atomic E-state index is 13.0. The Labute approximate surface area is 108 Å². The third-order valence-corrected chi connectivity index (χ3v) is 3.07. The maximum atomic E-state index is 13.0. The van der Waals surface area contributed by atoms with Crippen molar-refractivity contribution >= 4 is 11.4 Å². The second-order valence-electron chi connectivity index (χ2n) is 4.38. The zero-order valence-corrected chi connectivity index (χ0v) is 10.2. The van der Waals surface area contributed by atoms with Crippen molar-refractivity contribution in [3.8, 4) is 0 Å². The molecule has 2 rings (SSSR count). The predicted molar refractivity (Wildman–Crippen MR) is 64.9 cm³/mol. The van der Waals surface area contributed by atoms with Crippen molar-refractivity contribution in [2.75, 3.05) is 37.0 Å². The fraction of sp³-hybridized carbons (Fsp3) is 0.500. The second-order valence-corrected chi connectivity index (χ2v) is 4.38. The first-order chi connectivity index (χ1) is 8.93. The monoisotopic (exact) mass is 276 g/mol. The number of morpholine rings is 1. The SMILES string of the molecule is Nc1ccc(N2CCOCC2CO)c(C(F)(F)F)c1. The van der Waals surface area contributed by atoms with Gasteiger partial charge in [0.25, 0.3) is 0 Å². The minimum Gasteiger partial charge on any atom is -0.399 e. The molecule has 0 radical (unpaired) electrons. The van der Waals surface area contributed by atoms with Crippen LogP contribution in [0.4, 0.5) is 24.5 Å². The number of aliphatic hydroxyl groups is 1. The number of hydrogen-bond acceptors (Lipinski definition) is 4. The number of hydrogen-bond donors (Lipinski definition) is 2. The zero-order chi connectivity index (χ0) is 14.0. The summed E-state index contributed by atoms with van der Waals surface area (Å²) in [7, 11) is 0. The van der Waals surface area contributed by atoms with Crippen LogP contribution in [0.3, 0.4) is 0 Å². The van der Waals surface area contributed by atoms with Crippen LogP contribution >= 0.6 is 0 Å². The molecular formula is C12H15F3N2O2. The number of aliphatic hydroxyl groups excluding tert-OH is 1. The van der Waals surface area contributed by atoms with Crippen LogP contribution in [0, 0.1) is 0 Å². The number of nitrogens with two attached hydrogens (primary N) is 1. The van der Waals surface area contributed by atoms with E-state index in [2.05, 4.69) is 0 Å². The van der Waals surface area contributed by atoms with Gasteiger partial charge in [-0.15, -0.1) is 0 Å². The van der Waals surface area contributed by atoms with Crippen molar-refractivity contribution in [1.82, 2.24) is 0 Å². The number of ether oxygens (including phenoxy) is 1. The van der Waals surface area contributed by atoms with E-state index >= 15 is 0 Å². The Bertz CT molecular complexity index is 451. The van der Waals surface area contributed by atoms with Crippen molar-refractivity contribution in [3.63, 3.8) is 0 Å². The van der Waals surface area contributed by atoms with Crippen LogP contribution in [-0.4, -0.2) is 37.5 Å². The number of halogens is 3. The molecule has 1 aromatic carbocycles. The summed E-state index contributed by atoms with van der Waals surface area (Å²) in [5.74, 6) is 0. The lowest BCUT2D eigenvalue weighted by Crippen LogP contribution is -2.48. The first-order valence-corrected chi connectivity index (χ1v) is 5.85. The van der Waals surface area contributed by atoms with Gasteiger partial charge >= 0.3 is 6.18 Å². The standard InChI is InChI=1S/C12H15F3N2O2/c13-12(14,15)10-5-8(16)1-2-11(10)17-3-4-19-7-9(17)6-18/h1-2,5,9,18H,3-4,6-7,16H2. The van der Waals surface area contributed by atoms with E-state index in [1.807, 2.05) is 0 Å². The summed E-state index contributed by atoms with van der Waals surface area (Å²) in [5.41, 5.74) is 4.74. The molecule has 4 nitrogen and oxygen atoms in total. The molecule has 1 atom stereocenters. The molecule has 1 aromatic rings. The molecule has 3 N–H and O–H groups in total. The zero-order valence-electron chi connectivity index (χ0n) is 10.2. The molecule has 1 fully saturated rings. The van der Waals surface area contributed by atoms with Gasteiger partial charge in [-0.3, -0.25) is 0 Å². The summed E-state index contributed by atoms with van der Waals surface area (Å²) < 4.78 is 44.3. The van der Waals surface area contributed by atoms with Crippen LogP contribution in [0.25, 0.3) is 0 Å².